The van der Waals surface area contributed by atoms with Crippen LogP contribution in [-0.4, -0.2) is 26.0 Å². The van der Waals surface area contributed by atoms with Gasteiger partial charge in [-0.1, -0.05) is 0 Å². The molecular weight excluding hydrogens is 210 g/mol. The molecule has 0 spiro atoms. The first-order valence-corrected chi connectivity index (χ1v) is 4.61. The fourth-order valence-corrected chi connectivity index (χ4v) is 1.78. The van der Waals surface area contributed by atoms with E-state index in [-0.39, 0.29) is 11.4 Å². The molecule has 6 heteroatoms. The zero-order chi connectivity index (χ0) is 11.3. The summed E-state index contributed by atoms with van der Waals surface area (Å²) in [4.78, 5) is 29.8. The van der Waals surface area contributed by atoms with Gasteiger partial charge in [0.05, 0.1) is 11.0 Å². The zero-order valence-electron chi connectivity index (χ0n) is 8.00. The van der Waals surface area contributed by atoms with E-state index < -0.39 is 5.97 Å². The van der Waals surface area contributed by atoms with Gasteiger partial charge in [-0.25, -0.2) is 9.59 Å². The molecule has 4 N–H and O–H groups in total. The maximum absolute atomic E-state index is 11.0. The van der Waals surface area contributed by atoms with Crippen LogP contribution in [0, 0.1) is 0 Å². The van der Waals surface area contributed by atoms with Gasteiger partial charge in [-0.2, -0.15) is 0 Å². The third kappa shape index (κ3) is 1.13. The molecule has 0 aliphatic heterocycles. The molecule has 3 aromatic rings. The minimum atomic E-state index is -1.01. The van der Waals surface area contributed by atoms with E-state index in [0.29, 0.717) is 16.6 Å². The van der Waals surface area contributed by atoms with Crippen LogP contribution in [-0.2, 0) is 0 Å². The van der Waals surface area contributed by atoms with Gasteiger partial charge in [-0.05, 0) is 18.2 Å². The number of aromatic carboxylic acids is 1. The summed E-state index contributed by atoms with van der Waals surface area (Å²) < 4.78 is 0. The predicted molar refractivity (Wildman–Crippen MR) is 57.7 cm³/mol. The molecule has 3 rings (SSSR count). The molecule has 2 aromatic heterocycles. The first kappa shape index (κ1) is 8.78. The topological polar surface area (TPSA) is 102 Å². The molecule has 0 bridgehead atoms. The third-order valence-electron chi connectivity index (χ3n) is 2.49. The number of fused-ring (bicyclic) bond motifs is 2. The van der Waals surface area contributed by atoms with Gasteiger partial charge in [0.2, 0.25) is 0 Å². The number of aromatic nitrogens is 3. The van der Waals surface area contributed by atoms with Gasteiger partial charge in [-0.3, -0.25) is 0 Å². The summed E-state index contributed by atoms with van der Waals surface area (Å²) in [6, 6.07) is 4.96. The lowest BCUT2D eigenvalue weighted by molar-refractivity contribution is 0.0691. The molecule has 0 radical (unpaired) electrons. The minimum absolute atomic E-state index is 0.130. The number of carboxylic acids is 1. The Kier molecular flexibility index (Phi) is 1.51. The fraction of sp³-hybridized carbons (Fsp3) is 0. The molecule has 2 heterocycles. The van der Waals surface area contributed by atoms with E-state index in [1.54, 1.807) is 12.1 Å². The van der Waals surface area contributed by atoms with Gasteiger partial charge in [-0.15, -0.1) is 0 Å². The first-order chi connectivity index (χ1) is 7.63. The van der Waals surface area contributed by atoms with Crippen molar-refractivity contribution in [1.82, 2.24) is 15.0 Å². The molecule has 0 atom stereocenters. The summed E-state index contributed by atoms with van der Waals surface area (Å²) in [5, 5.41) is 9.57. The largest absolute Gasteiger partial charge is 0.477 e. The van der Waals surface area contributed by atoms with Crippen molar-refractivity contribution in [1.29, 1.82) is 0 Å². The number of imidazole rings is 1. The predicted octanol–water partition coefficient (Wildman–Crippen LogP) is 1.04. The van der Waals surface area contributed by atoms with E-state index in [2.05, 4.69) is 15.0 Å². The quantitative estimate of drug-likeness (QED) is 0.489. The van der Waals surface area contributed by atoms with Gasteiger partial charge < -0.3 is 20.1 Å². The maximum atomic E-state index is 11.0. The van der Waals surface area contributed by atoms with Crippen molar-refractivity contribution in [2.24, 2.45) is 0 Å². The molecule has 0 fully saturated rings. The number of hydrogen-bond acceptors (Lipinski definition) is 2. The third-order valence-corrected chi connectivity index (χ3v) is 2.49. The average Bonchev–Trinajstić information content (AvgIpc) is 2.74. The van der Waals surface area contributed by atoms with Crippen LogP contribution >= 0.6 is 0 Å². The van der Waals surface area contributed by atoms with E-state index >= 15 is 0 Å². The van der Waals surface area contributed by atoms with Crippen molar-refractivity contribution in [3.63, 3.8) is 0 Å². The molecule has 0 saturated heterocycles. The van der Waals surface area contributed by atoms with Crippen LogP contribution in [0.5, 0.6) is 0 Å². The Hall–Kier alpha value is -2.50. The fourth-order valence-electron chi connectivity index (χ4n) is 1.78. The van der Waals surface area contributed by atoms with Crippen molar-refractivity contribution < 1.29 is 9.90 Å². The Morgan fingerprint density at radius 1 is 1.00 bits per heavy atom. The highest BCUT2D eigenvalue weighted by Gasteiger charge is 2.08. The Morgan fingerprint density at radius 3 is 2.38 bits per heavy atom. The Bertz CT molecular complexity index is 708. The lowest BCUT2D eigenvalue weighted by Crippen LogP contribution is -1.99. The lowest BCUT2D eigenvalue weighted by Gasteiger charge is -1.89. The van der Waals surface area contributed by atoms with Gasteiger partial charge in [0, 0.05) is 10.9 Å². The second kappa shape index (κ2) is 2.75. The monoisotopic (exact) mass is 217 g/mol. The van der Waals surface area contributed by atoms with Gasteiger partial charge in [0.15, 0.2) is 0 Å². The van der Waals surface area contributed by atoms with Crippen molar-refractivity contribution in [2.75, 3.05) is 0 Å². The van der Waals surface area contributed by atoms with Gasteiger partial charge >= 0.3 is 11.7 Å². The number of aromatic amines is 3. The molecule has 16 heavy (non-hydrogen) atoms. The molecular formula is C10H7N3O3. The number of carbonyl (C=O) groups is 1. The molecule has 0 aliphatic rings. The highest BCUT2D eigenvalue weighted by molar-refractivity contribution is 5.98. The van der Waals surface area contributed by atoms with Gasteiger partial charge in [0.1, 0.15) is 5.69 Å². The molecule has 1 aromatic carbocycles. The van der Waals surface area contributed by atoms with Crippen LogP contribution < -0.4 is 5.69 Å². The Morgan fingerprint density at radius 2 is 1.69 bits per heavy atom. The van der Waals surface area contributed by atoms with Crippen molar-refractivity contribution in [2.45, 2.75) is 0 Å². The number of nitrogens with one attached hydrogen (secondary N) is 3. The van der Waals surface area contributed by atoms with Crippen molar-refractivity contribution in [3.8, 4) is 0 Å². The summed E-state index contributed by atoms with van der Waals surface area (Å²) in [6.07, 6.45) is 0. The number of carboxylic acid groups (broad SMARTS) is 1. The van der Waals surface area contributed by atoms with E-state index in [9.17, 15) is 9.59 Å². The van der Waals surface area contributed by atoms with Crippen LogP contribution in [0.3, 0.4) is 0 Å². The lowest BCUT2D eigenvalue weighted by atomic mass is 10.2. The minimum Gasteiger partial charge on any atom is -0.477 e. The standard InChI is InChI=1S/C10H7N3O3/c14-9(15)8-2-4-1-6-7(3-5(4)11-8)13-10(16)12-6/h1-3,11H,(H,14,15)(H2,12,13,16). The Balaban J connectivity index is 2.40. The van der Waals surface area contributed by atoms with Crippen LogP contribution in [0.4, 0.5) is 0 Å². The van der Waals surface area contributed by atoms with E-state index in [1.165, 1.54) is 6.07 Å². The maximum Gasteiger partial charge on any atom is 0.352 e. The highest BCUT2D eigenvalue weighted by Crippen LogP contribution is 2.20. The molecule has 6 nitrogen and oxygen atoms in total. The van der Waals surface area contributed by atoms with E-state index in [1.807, 2.05) is 0 Å². The summed E-state index contributed by atoms with van der Waals surface area (Å²) >= 11 is 0. The molecule has 0 saturated carbocycles. The number of H-pyrrole nitrogens is 3. The smallest absolute Gasteiger partial charge is 0.352 e. The van der Waals surface area contributed by atoms with E-state index in [0.717, 1.165) is 5.39 Å². The summed E-state index contributed by atoms with van der Waals surface area (Å²) in [5.41, 5.74) is 1.84. The normalized spacial score (nSPS) is 11.2. The van der Waals surface area contributed by atoms with E-state index in [4.69, 9.17) is 5.11 Å². The molecule has 0 amide bonds. The highest BCUT2D eigenvalue weighted by atomic mass is 16.4. The van der Waals surface area contributed by atoms with Gasteiger partial charge in [0.25, 0.3) is 0 Å². The summed E-state index contributed by atoms with van der Waals surface area (Å²) in [6.45, 7) is 0. The van der Waals surface area contributed by atoms with Crippen molar-refractivity contribution >= 4 is 27.9 Å². The van der Waals surface area contributed by atoms with Crippen LogP contribution in [0.2, 0.25) is 0 Å². The molecule has 0 unspecified atom stereocenters. The second-order valence-corrected chi connectivity index (χ2v) is 3.55. The zero-order valence-corrected chi connectivity index (χ0v) is 8.00. The SMILES string of the molecule is O=C(O)c1cc2cc3[nH]c(=O)[nH]c3cc2[nH]1. The van der Waals surface area contributed by atoms with Crippen molar-refractivity contribution in [3.05, 3.63) is 34.4 Å². The number of hydrogen-bond donors (Lipinski definition) is 4. The van der Waals surface area contributed by atoms with Crippen LogP contribution in [0.1, 0.15) is 10.5 Å². The van der Waals surface area contributed by atoms with Crippen LogP contribution in [0.25, 0.3) is 21.9 Å². The molecule has 80 valence electrons. The average molecular weight is 217 g/mol. The second-order valence-electron chi connectivity index (χ2n) is 3.55. The summed E-state index contributed by atoms with van der Waals surface area (Å²) in [5.74, 6) is -1.01. The number of benzene rings is 1. The summed E-state index contributed by atoms with van der Waals surface area (Å²) in [7, 11) is 0. The number of rotatable bonds is 1. The first-order valence-electron chi connectivity index (χ1n) is 4.61. The molecule has 0 aliphatic carbocycles. The Labute approximate surface area is 87.9 Å². The van der Waals surface area contributed by atoms with Crippen LogP contribution in [0.15, 0.2) is 23.0 Å².